The Bertz CT molecular complexity index is 1460. The molecule has 0 saturated carbocycles. The van der Waals surface area contributed by atoms with Crippen molar-refractivity contribution in [3.05, 3.63) is 89.2 Å². The number of hydrogen-bond donors (Lipinski definition) is 0. The van der Waals surface area contributed by atoms with Gasteiger partial charge in [0.25, 0.3) is 5.91 Å². The molecule has 2 unspecified atom stereocenters. The second-order valence-corrected chi connectivity index (χ2v) is 12.7. The summed E-state index contributed by atoms with van der Waals surface area (Å²) >= 11 is 0. The van der Waals surface area contributed by atoms with Crippen LogP contribution in [0.5, 0.6) is 0 Å². The number of benzene rings is 2. The van der Waals surface area contributed by atoms with Crippen molar-refractivity contribution in [1.82, 2.24) is 24.7 Å². The summed E-state index contributed by atoms with van der Waals surface area (Å²) in [6, 6.07) is 12.7. The van der Waals surface area contributed by atoms with Crippen LogP contribution in [0, 0.1) is 0 Å². The minimum atomic E-state index is -5.03. The van der Waals surface area contributed by atoms with Gasteiger partial charge < -0.3 is 9.80 Å². The number of hydrogen-bond acceptors (Lipinski definition) is 6. The van der Waals surface area contributed by atoms with Crippen LogP contribution in [-0.2, 0) is 18.8 Å². The fourth-order valence-corrected chi connectivity index (χ4v) is 7.31. The minimum Gasteiger partial charge on any atom is -0.341 e. The van der Waals surface area contributed by atoms with Gasteiger partial charge in [-0.05, 0) is 61.9 Å². The highest BCUT2D eigenvalue weighted by Crippen LogP contribution is 2.37. The number of carbonyl (C=O) groups excluding carboxylic acids is 1. The molecule has 13 heteroatoms. The van der Waals surface area contributed by atoms with Crippen LogP contribution in [0.4, 0.5) is 32.3 Å². The highest BCUT2D eigenvalue weighted by Gasteiger charge is 2.40. The molecule has 0 N–H and O–H groups in total. The van der Waals surface area contributed by atoms with Gasteiger partial charge in [-0.3, -0.25) is 14.6 Å². The standard InChI is InChI=1S/C34H38F6N6O/c35-33(36,37)26-20-25(21-27(22-26)34(38,39)40)31(47)46-14-9-29(23-30(46)19-24-5-2-1-3-6-24)44-17-15-43(16-18-44)28-7-12-45(13-8-28)32-41-10-4-11-42-32/h1-6,10-11,20-22,28-30H,7-9,12-19,23H2. The molecular weight excluding hydrogens is 622 g/mol. The zero-order valence-electron chi connectivity index (χ0n) is 25.9. The second-order valence-electron chi connectivity index (χ2n) is 12.7. The molecule has 252 valence electrons. The molecule has 1 amide bonds. The topological polar surface area (TPSA) is 55.8 Å². The summed E-state index contributed by atoms with van der Waals surface area (Å²) in [5.41, 5.74) is -2.61. The Hall–Kier alpha value is -3.71. The zero-order valence-corrected chi connectivity index (χ0v) is 25.9. The molecule has 2 aromatic carbocycles. The average molecular weight is 661 g/mol. The van der Waals surface area contributed by atoms with Crippen molar-refractivity contribution < 1.29 is 31.1 Å². The van der Waals surface area contributed by atoms with Crippen molar-refractivity contribution in [3.63, 3.8) is 0 Å². The highest BCUT2D eigenvalue weighted by molar-refractivity contribution is 5.95. The number of alkyl halides is 6. The van der Waals surface area contributed by atoms with Gasteiger partial charge in [-0.25, -0.2) is 9.97 Å². The fraction of sp³-hybridized carbons (Fsp3) is 0.500. The van der Waals surface area contributed by atoms with E-state index in [9.17, 15) is 31.1 Å². The molecule has 0 bridgehead atoms. The summed E-state index contributed by atoms with van der Waals surface area (Å²) in [5.74, 6) is -0.0439. The highest BCUT2D eigenvalue weighted by atomic mass is 19.4. The van der Waals surface area contributed by atoms with Crippen molar-refractivity contribution in [2.24, 2.45) is 0 Å². The van der Waals surface area contributed by atoms with Crippen LogP contribution >= 0.6 is 0 Å². The maximum absolute atomic E-state index is 13.7. The summed E-state index contributed by atoms with van der Waals surface area (Å²) in [6.45, 7) is 5.61. The van der Waals surface area contributed by atoms with Crippen LogP contribution in [0.1, 0.15) is 52.7 Å². The first kappa shape index (κ1) is 33.2. The van der Waals surface area contributed by atoms with E-state index in [-0.39, 0.29) is 24.7 Å². The van der Waals surface area contributed by atoms with Crippen molar-refractivity contribution in [2.75, 3.05) is 50.7 Å². The van der Waals surface area contributed by atoms with Gasteiger partial charge in [0, 0.05) is 81.9 Å². The lowest BCUT2D eigenvalue weighted by Gasteiger charge is -2.48. The summed E-state index contributed by atoms with van der Waals surface area (Å²) in [5, 5.41) is 0. The van der Waals surface area contributed by atoms with Gasteiger partial charge in [0.15, 0.2) is 0 Å². The zero-order chi connectivity index (χ0) is 33.2. The third-order valence-corrected chi connectivity index (χ3v) is 9.78. The minimum absolute atomic E-state index is 0.0607. The summed E-state index contributed by atoms with van der Waals surface area (Å²) in [7, 11) is 0. The number of amides is 1. The van der Waals surface area contributed by atoms with E-state index >= 15 is 0 Å². The number of piperidine rings is 2. The van der Waals surface area contributed by atoms with Crippen molar-refractivity contribution in [2.45, 2.75) is 62.6 Å². The Kier molecular flexibility index (Phi) is 9.75. The molecule has 6 rings (SSSR count). The van der Waals surface area contributed by atoms with Gasteiger partial charge in [0.05, 0.1) is 11.1 Å². The number of carbonyl (C=O) groups is 1. The molecular formula is C34H38F6N6O. The van der Waals surface area contributed by atoms with Crippen molar-refractivity contribution in [3.8, 4) is 0 Å². The number of likely N-dealkylation sites (tertiary alicyclic amines) is 1. The lowest BCUT2D eigenvalue weighted by Crippen LogP contribution is -2.58. The number of anilines is 1. The van der Waals surface area contributed by atoms with E-state index in [1.54, 1.807) is 12.4 Å². The molecule has 3 aliphatic heterocycles. The summed E-state index contributed by atoms with van der Waals surface area (Å²) < 4.78 is 81.5. The Labute approximate surface area is 270 Å². The van der Waals surface area contributed by atoms with Gasteiger partial charge in [0.1, 0.15) is 0 Å². The lowest BCUT2D eigenvalue weighted by molar-refractivity contribution is -0.143. The quantitative estimate of drug-likeness (QED) is 0.302. The van der Waals surface area contributed by atoms with Crippen LogP contribution in [0.25, 0.3) is 0 Å². The van der Waals surface area contributed by atoms with Crippen molar-refractivity contribution in [1.29, 1.82) is 0 Å². The van der Waals surface area contributed by atoms with E-state index in [4.69, 9.17) is 0 Å². The van der Waals surface area contributed by atoms with E-state index < -0.39 is 35.0 Å². The van der Waals surface area contributed by atoms with Crippen LogP contribution < -0.4 is 4.90 Å². The van der Waals surface area contributed by atoms with E-state index in [0.29, 0.717) is 37.4 Å². The van der Waals surface area contributed by atoms with Crippen LogP contribution in [0.15, 0.2) is 67.0 Å². The Morgan fingerprint density at radius 3 is 1.83 bits per heavy atom. The smallest absolute Gasteiger partial charge is 0.341 e. The monoisotopic (exact) mass is 660 g/mol. The van der Waals surface area contributed by atoms with E-state index in [1.165, 1.54) is 4.90 Å². The molecule has 7 nitrogen and oxygen atoms in total. The predicted octanol–water partition coefficient (Wildman–Crippen LogP) is 6.02. The first-order chi connectivity index (χ1) is 22.5. The SMILES string of the molecule is O=C(c1cc(C(F)(F)F)cc(C(F)(F)F)c1)N1CCC(N2CCN(C3CCN(c4ncccn4)CC3)CC2)CC1Cc1ccccc1. The second kappa shape index (κ2) is 13.8. The summed E-state index contributed by atoms with van der Waals surface area (Å²) in [4.78, 5) is 31.2. The van der Waals surface area contributed by atoms with E-state index in [0.717, 1.165) is 63.6 Å². The Morgan fingerprint density at radius 2 is 1.26 bits per heavy atom. The Balaban J connectivity index is 1.13. The first-order valence-corrected chi connectivity index (χ1v) is 16.1. The van der Waals surface area contributed by atoms with Gasteiger partial charge in [-0.2, -0.15) is 26.3 Å². The van der Waals surface area contributed by atoms with Gasteiger partial charge in [0.2, 0.25) is 5.95 Å². The largest absolute Gasteiger partial charge is 0.416 e. The maximum Gasteiger partial charge on any atom is 0.416 e. The predicted molar refractivity (Wildman–Crippen MR) is 165 cm³/mol. The first-order valence-electron chi connectivity index (χ1n) is 16.1. The van der Waals surface area contributed by atoms with Crippen LogP contribution in [-0.4, -0.2) is 94.5 Å². The molecule has 3 fully saturated rings. The fourth-order valence-electron chi connectivity index (χ4n) is 7.31. The average Bonchev–Trinajstić information content (AvgIpc) is 3.08. The lowest BCUT2D eigenvalue weighted by atomic mass is 9.90. The maximum atomic E-state index is 13.7. The summed E-state index contributed by atoms with van der Waals surface area (Å²) in [6.07, 6.45) is -2.84. The third-order valence-electron chi connectivity index (χ3n) is 9.78. The molecule has 3 aromatic rings. The van der Waals surface area contributed by atoms with Crippen LogP contribution in [0.2, 0.25) is 0 Å². The molecule has 1 aromatic heterocycles. The van der Waals surface area contributed by atoms with E-state index in [1.807, 2.05) is 36.4 Å². The molecule has 47 heavy (non-hydrogen) atoms. The number of rotatable bonds is 6. The number of nitrogens with zero attached hydrogens (tertiary/aromatic N) is 6. The number of halogens is 6. The molecule has 0 spiro atoms. The number of aromatic nitrogens is 2. The molecule has 0 radical (unpaired) electrons. The molecule has 4 heterocycles. The van der Waals surface area contributed by atoms with E-state index in [2.05, 4.69) is 24.7 Å². The number of piperazine rings is 1. The molecule has 3 saturated heterocycles. The van der Waals surface area contributed by atoms with Crippen LogP contribution in [0.3, 0.4) is 0 Å². The van der Waals surface area contributed by atoms with Gasteiger partial charge >= 0.3 is 12.4 Å². The normalized spacial score (nSPS) is 22.4. The molecule has 3 aliphatic rings. The molecule has 0 aliphatic carbocycles. The third kappa shape index (κ3) is 7.89. The Morgan fingerprint density at radius 1 is 0.702 bits per heavy atom. The van der Waals surface area contributed by atoms with Gasteiger partial charge in [-0.1, -0.05) is 30.3 Å². The van der Waals surface area contributed by atoms with Crippen molar-refractivity contribution >= 4 is 11.9 Å². The van der Waals surface area contributed by atoms with Gasteiger partial charge in [-0.15, -0.1) is 0 Å². The molecule has 2 atom stereocenters.